The van der Waals surface area contributed by atoms with Crippen LogP contribution in [0, 0.1) is 0 Å². The van der Waals surface area contributed by atoms with E-state index in [2.05, 4.69) is 16.0 Å². The molecule has 0 saturated heterocycles. The van der Waals surface area contributed by atoms with Crippen LogP contribution in [-0.4, -0.2) is 42.3 Å². The zero-order valence-corrected chi connectivity index (χ0v) is 18.8. The molecule has 33 heavy (non-hydrogen) atoms. The average Bonchev–Trinajstić information content (AvgIpc) is 3.36. The maximum absolute atomic E-state index is 12.4. The summed E-state index contributed by atoms with van der Waals surface area (Å²) in [4.78, 5) is 38.8. The third-order valence-corrected chi connectivity index (χ3v) is 5.05. The molecule has 1 heterocycles. The lowest BCUT2D eigenvalue weighted by Gasteiger charge is -2.18. The van der Waals surface area contributed by atoms with Crippen molar-refractivity contribution in [2.24, 2.45) is 0 Å². The fraction of sp³-hybridized carbons (Fsp3) is 0.240. The van der Waals surface area contributed by atoms with Crippen molar-refractivity contribution in [3.8, 4) is 0 Å². The first-order valence-corrected chi connectivity index (χ1v) is 10.8. The van der Waals surface area contributed by atoms with Gasteiger partial charge in [-0.3, -0.25) is 14.4 Å². The van der Waals surface area contributed by atoms with Crippen molar-refractivity contribution in [3.63, 3.8) is 0 Å². The fourth-order valence-corrected chi connectivity index (χ4v) is 3.23. The number of rotatable bonds is 10. The Hall–Kier alpha value is -4.07. The number of hydrogen-bond acceptors (Lipinski definition) is 5. The second-order valence-corrected chi connectivity index (χ2v) is 7.30. The van der Waals surface area contributed by atoms with Gasteiger partial charge in [0, 0.05) is 35.6 Å². The van der Waals surface area contributed by atoms with E-state index in [1.807, 2.05) is 13.8 Å². The second kappa shape index (κ2) is 11.5. The third-order valence-electron chi connectivity index (χ3n) is 5.05. The molecule has 0 aliphatic heterocycles. The molecule has 3 amide bonds. The van der Waals surface area contributed by atoms with Crippen molar-refractivity contribution in [2.45, 2.75) is 20.4 Å². The maximum Gasteiger partial charge on any atom is 0.253 e. The van der Waals surface area contributed by atoms with Gasteiger partial charge >= 0.3 is 0 Å². The Balaban J connectivity index is 1.50. The number of furan rings is 1. The molecule has 1 aromatic heterocycles. The summed E-state index contributed by atoms with van der Waals surface area (Å²) >= 11 is 0. The molecule has 0 bridgehead atoms. The Labute approximate surface area is 193 Å². The van der Waals surface area contributed by atoms with E-state index in [9.17, 15) is 14.4 Å². The quantitative estimate of drug-likeness (QED) is 0.438. The van der Waals surface area contributed by atoms with Gasteiger partial charge in [0.15, 0.2) is 0 Å². The van der Waals surface area contributed by atoms with Gasteiger partial charge in [0.2, 0.25) is 5.91 Å². The lowest BCUT2D eigenvalue weighted by Crippen LogP contribution is -2.30. The van der Waals surface area contributed by atoms with Gasteiger partial charge in [0.25, 0.3) is 11.8 Å². The molecule has 0 aliphatic rings. The zero-order valence-electron chi connectivity index (χ0n) is 18.8. The van der Waals surface area contributed by atoms with Crippen LogP contribution in [0.2, 0.25) is 0 Å². The fourth-order valence-electron chi connectivity index (χ4n) is 3.23. The number of carbonyl (C=O) groups is 3. The summed E-state index contributed by atoms with van der Waals surface area (Å²) in [6.07, 6.45) is 1.55. The first-order chi connectivity index (χ1) is 16.0. The van der Waals surface area contributed by atoms with Gasteiger partial charge in [-0.25, -0.2) is 0 Å². The van der Waals surface area contributed by atoms with E-state index in [4.69, 9.17) is 4.42 Å². The normalized spacial score (nSPS) is 10.4. The van der Waals surface area contributed by atoms with Gasteiger partial charge in [0.05, 0.1) is 19.4 Å². The molecule has 8 heteroatoms. The van der Waals surface area contributed by atoms with E-state index in [1.54, 1.807) is 71.8 Å². The minimum atomic E-state index is -0.245. The van der Waals surface area contributed by atoms with E-state index >= 15 is 0 Å². The molecular formula is C25H28N4O4. The summed E-state index contributed by atoms with van der Waals surface area (Å²) in [5.41, 5.74) is 2.30. The molecule has 0 saturated carbocycles. The van der Waals surface area contributed by atoms with Crippen LogP contribution in [0.25, 0.3) is 0 Å². The highest BCUT2D eigenvalue weighted by atomic mass is 16.3. The van der Waals surface area contributed by atoms with E-state index < -0.39 is 0 Å². The van der Waals surface area contributed by atoms with Crippen molar-refractivity contribution < 1.29 is 18.8 Å². The van der Waals surface area contributed by atoms with Crippen molar-refractivity contribution in [2.75, 3.05) is 30.3 Å². The summed E-state index contributed by atoms with van der Waals surface area (Å²) in [7, 11) is 0. The van der Waals surface area contributed by atoms with Crippen molar-refractivity contribution in [3.05, 3.63) is 83.8 Å². The number of carbonyl (C=O) groups excluding carboxylic acids is 3. The first-order valence-electron chi connectivity index (χ1n) is 10.8. The topological polar surface area (TPSA) is 104 Å². The van der Waals surface area contributed by atoms with Crippen LogP contribution < -0.4 is 16.0 Å². The Morgan fingerprint density at radius 3 is 2.30 bits per heavy atom. The highest BCUT2D eigenvalue weighted by Crippen LogP contribution is 2.13. The molecule has 0 atom stereocenters. The number of nitrogens with zero attached hydrogens (tertiary/aromatic N) is 1. The van der Waals surface area contributed by atoms with E-state index in [1.165, 1.54) is 0 Å². The van der Waals surface area contributed by atoms with Crippen molar-refractivity contribution in [1.29, 1.82) is 0 Å². The molecule has 0 fully saturated rings. The molecule has 3 N–H and O–H groups in total. The molecule has 0 radical (unpaired) electrons. The van der Waals surface area contributed by atoms with Crippen LogP contribution in [0.1, 0.15) is 40.3 Å². The molecule has 0 spiro atoms. The first kappa shape index (κ1) is 23.6. The SMILES string of the molecule is CCN(CC)C(=O)c1ccc(NC(=O)CNc2cccc(C(=O)NCc3ccco3)c2)cc1. The average molecular weight is 449 g/mol. The zero-order chi connectivity index (χ0) is 23.6. The number of benzene rings is 2. The Morgan fingerprint density at radius 2 is 1.64 bits per heavy atom. The van der Waals surface area contributed by atoms with E-state index in [0.29, 0.717) is 47.9 Å². The lowest BCUT2D eigenvalue weighted by atomic mass is 10.1. The summed E-state index contributed by atoms with van der Waals surface area (Å²) in [5, 5.41) is 8.60. The van der Waals surface area contributed by atoms with Crippen molar-refractivity contribution in [1.82, 2.24) is 10.2 Å². The Bertz CT molecular complexity index is 1070. The number of nitrogens with one attached hydrogen (secondary N) is 3. The summed E-state index contributed by atoms with van der Waals surface area (Å²) in [6, 6.07) is 17.3. The molecule has 3 rings (SSSR count). The minimum absolute atomic E-state index is 0.0254. The van der Waals surface area contributed by atoms with Crippen LogP contribution in [0.4, 0.5) is 11.4 Å². The van der Waals surface area contributed by atoms with Gasteiger partial charge in [-0.1, -0.05) is 6.07 Å². The number of amides is 3. The van der Waals surface area contributed by atoms with Crippen LogP contribution in [0.5, 0.6) is 0 Å². The molecule has 172 valence electrons. The van der Waals surface area contributed by atoms with Gasteiger partial charge in [-0.05, 0) is 68.4 Å². The number of hydrogen-bond donors (Lipinski definition) is 3. The second-order valence-electron chi connectivity index (χ2n) is 7.30. The molecule has 8 nitrogen and oxygen atoms in total. The van der Waals surface area contributed by atoms with Crippen molar-refractivity contribution >= 4 is 29.1 Å². The molecule has 0 aliphatic carbocycles. The smallest absolute Gasteiger partial charge is 0.253 e. The molecule has 3 aromatic rings. The standard InChI is InChI=1S/C25H28N4O4/c1-3-29(4-2)25(32)18-10-12-20(13-11-18)28-23(30)17-26-21-8-5-7-19(15-21)24(31)27-16-22-9-6-14-33-22/h5-15,26H,3-4,16-17H2,1-2H3,(H,27,31)(H,28,30). The summed E-state index contributed by atoms with van der Waals surface area (Å²) in [6.45, 7) is 5.49. The Kier molecular flexibility index (Phi) is 8.24. The van der Waals surface area contributed by atoms with Gasteiger partial charge in [-0.2, -0.15) is 0 Å². The van der Waals surface area contributed by atoms with Crippen LogP contribution >= 0.6 is 0 Å². The van der Waals surface area contributed by atoms with Crippen LogP contribution in [0.15, 0.2) is 71.3 Å². The third kappa shape index (κ3) is 6.70. The monoisotopic (exact) mass is 448 g/mol. The predicted octanol–water partition coefficient (Wildman–Crippen LogP) is 3.74. The lowest BCUT2D eigenvalue weighted by molar-refractivity contribution is -0.114. The van der Waals surface area contributed by atoms with Gasteiger partial charge < -0.3 is 25.3 Å². The maximum atomic E-state index is 12.4. The van der Waals surface area contributed by atoms with Crippen LogP contribution in [0.3, 0.4) is 0 Å². The summed E-state index contributed by atoms with van der Waals surface area (Å²) in [5.74, 6) is 0.150. The predicted molar refractivity (Wildman–Crippen MR) is 127 cm³/mol. The molecule has 0 unspecified atom stereocenters. The van der Waals surface area contributed by atoms with Gasteiger partial charge in [-0.15, -0.1) is 0 Å². The summed E-state index contributed by atoms with van der Waals surface area (Å²) < 4.78 is 5.21. The highest BCUT2D eigenvalue weighted by molar-refractivity contribution is 5.97. The highest BCUT2D eigenvalue weighted by Gasteiger charge is 2.12. The number of anilines is 2. The molecular weight excluding hydrogens is 420 g/mol. The minimum Gasteiger partial charge on any atom is -0.467 e. The Morgan fingerprint density at radius 1 is 0.879 bits per heavy atom. The van der Waals surface area contributed by atoms with E-state index in [0.717, 1.165) is 0 Å². The van der Waals surface area contributed by atoms with Crippen LogP contribution in [-0.2, 0) is 11.3 Å². The molecule has 2 aromatic carbocycles. The van der Waals surface area contributed by atoms with Gasteiger partial charge in [0.1, 0.15) is 5.76 Å². The largest absolute Gasteiger partial charge is 0.467 e. The van der Waals surface area contributed by atoms with E-state index in [-0.39, 0.29) is 24.3 Å².